The van der Waals surface area contributed by atoms with Gasteiger partial charge in [-0.15, -0.1) is 0 Å². The second kappa shape index (κ2) is 5.13. The van der Waals surface area contributed by atoms with E-state index in [0.29, 0.717) is 6.04 Å². The van der Waals surface area contributed by atoms with Crippen molar-refractivity contribution < 1.29 is 9.47 Å². The van der Waals surface area contributed by atoms with Crippen molar-refractivity contribution in [2.75, 3.05) is 19.0 Å². The maximum Gasteiger partial charge on any atom is 0.221 e. The lowest BCUT2D eigenvalue weighted by Gasteiger charge is -2.47. The molecule has 2 heterocycles. The number of nitrogens with one attached hydrogen (secondary N) is 1. The van der Waals surface area contributed by atoms with E-state index in [1.54, 1.807) is 6.33 Å². The maximum absolute atomic E-state index is 5.91. The van der Waals surface area contributed by atoms with E-state index in [1.165, 1.54) is 32.1 Å². The molecule has 5 heteroatoms. The van der Waals surface area contributed by atoms with E-state index in [-0.39, 0.29) is 5.60 Å². The van der Waals surface area contributed by atoms with Gasteiger partial charge in [-0.3, -0.25) is 0 Å². The van der Waals surface area contributed by atoms with E-state index in [1.807, 2.05) is 7.11 Å². The summed E-state index contributed by atoms with van der Waals surface area (Å²) in [6, 6.07) is 0.448. The summed E-state index contributed by atoms with van der Waals surface area (Å²) in [5, 5.41) is 3.66. The fraction of sp³-hybridized carbons (Fsp3) is 0.750. The topological polar surface area (TPSA) is 56.3 Å². The number of fused-ring (bicyclic) bond motifs is 3. The van der Waals surface area contributed by atoms with Gasteiger partial charge in [-0.1, -0.05) is 12.8 Å². The minimum absolute atomic E-state index is 0.0888. The number of methoxy groups -OCH3 is 1. The van der Waals surface area contributed by atoms with Gasteiger partial charge in [0, 0.05) is 19.6 Å². The molecule has 2 saturated carbocycles. The Morgan fingerprint density at radius 1 is 1.38 bits per heavy atom. The van der Waals surface area contributed by atoms with Crippen LogP contribution in [0.3, 0.4) is 0 Å². The van der Waals surface area contributed by atoms with E-state index in [2.05, 4.69) is 15.3 Å². The molecule has 1 N–H and O–H groups in total. The summed E-state index contributed by atoms with van der Waals surface area (Å²) < 4.78 is 11.4. The fourth-order valence-corrected chi connectivity index (χ4v) is 4.46. The summed E-state index contributed by atoms with van der Waals surface area (Å²) >= 11 is 0. The van der Waals surface area contributed by atoms with Crippen molar-refractivity contribution in [2.45, 2.75) is 56.6 Å². The smallest absolute Gasteiger partial charge is 0.221 e. The molecule has 0 saturated heterocycles. The van der Waals surface area contributed by atoms with Crippen LogP contribution < -0.4 is 10.1 Å². The van der Waals surface area contributed by atoms with E-state index < -0.39 is 0 Å². The van der Waals surface area contributed by atoms with Crippen molar-refractivity contribution in [2.24, 2.45) is 5.92 Å². The van der Waals surface area contributed by atoms with E-state index >= 15 is 0 Å². The van der Waals surface area contributed by atoms with Gasteiger partial charge in [-0.25, -0.2) is 9.97 Å². The Kier molecular flexibility index (Phi) is 3.25. The summed E-state index contributed by atoms with van der Waals surface area (Å²) in [6.07, 6.45) is 9.89. The van der Waals surface area contributed by atoms with Crippen molar-refractivity contribution in [3.8, 4) is 5.88 Å². The highest BCUT2D eigenvalue weighted by Crippen LogP contribution is 2.45. The van der Waals surface area contributed by atoms with Crippen molar-refractivity contribution in [1.82, 2.24) is 9.97 Å². The van der Waals surface area contributed by atoms with Crippen LogP contribution in [0.25, 0.3) is 0 Å². The fourth-order valence-electron chi connectivity index (χ4n) is 4.46. The highest BCUT2D eigenvalue weighted by molar-refractivity contribution is 5.51. The Morgan fingerprint density at radius 2 is 2.33 bits per heavy atom. The van der Waals surface area contributed by atoms with Crippen LogP contribution in [0.5, 0.6) is 5.88 Å². The average Bonchev–Trinajstić information content (AvgIpc) is 2.96. The lowest BCUT2D eigenvalue weighted by molar-refractivity contribution is -0.0832. The third kappa shape index (κ3) is 2.37. The number of hydrogen-bond acceptors (Lipinski definition) is 5. The Bertz CT molecular complexity index is 536. The van der Waals surface area contributed by atoms with Crippen LogP contribution >= 0.6 is 0 Å². The number of nitrogens with zero attached hydrogens (tertiary/aromatic N) is 2. The van der Waals surface area contributed by atoms with Crippen LogP contribution in [0, 0.1) is 5.92 Å². The lowest BCUT2D eigenvalue weighted by atomic mass is 9.67. The predicted molar refractivity (Wildman–Crippen MR) is 79.6 cm³/mol. The summed E-state index contributed by atoms with van der Waals surface area (Å²) in [5.74, 6) is 2.51. The molecule has 1 aromatic rings. The predicted octanol–water partition coefficient (Wildman–Crippen LogP) is 2.56. The average molecular weight is 289 g/mol. The molecule has 0 amide bonds. The molecule has 1 aromatic heterocycles. The molecule has 2 bridgehead atoms. The Balaban J connectivity index is 1.54. The van der Waals surface area contributed by atoms with Crippen LogP contribution in [0.15, 0.2) is 6.33 Å². The zero-order valence-corrected chi connectivity index (χ0v) is 12.6. The van der Waals surface area contributed by atoms with Crippen LogP contribution in [0.4, 0.5) is 5.82 Å². The molecule has 0 unspecified atom stereocenters. The second-order valence-corrected chi connectivity index (χ2v) is 6.74. The van der Waals surface area contributed by atoms with Gasteiger partial charge in [-0.05, 0) is 31.6 Å². The molecule has 0 radical (unpaired) electrons. The summed E-state index contributed by atoms with van der Waals surface area (Å²) in [6.45, 7) is 0.720. The van der Waals surface area contributed by atoms with Gasteiger partial charge in [0.25, 0.3) is 0 Å². The van der Waals surface area contributed by atoms with Gasteiger partial charge >= 0.3 is 0 Å². The number of rotatable bonds is 3. The highest BCUT2D eigenvalue weighted by atomic mass is 16.5. The molecule has 3 aliphatic rings. The first kappa shape index (κ1) is 13.3. The Hall–Kier alpha value is -1.36. The number of ether oxygens (including phenoxy) is 2. The minimum atomic E-state index is 0.0888. The van der Waals surface area contributed by atoms with Crippen molar-refractivity contribution in [3.63, 3.8) is 0 Å². The number of anilines is 1. The van der Waals surface area contributed by atoms with Crippen LogP contribution in [0.2, 0.25) is 0 Å². The maximum atomic E-state index is 5.91. The van der Waals surface area contributed by atoms with Gasteiger partial charge in [0.05, 0.1) is 17.8 Å². The Labute approximate surface area is 125 Å². The van der Waals surface area contributed by atoms with Gasteiger partial charge in [0.15, 0.2) is 0 Å². The van der Waals surface area contributed by atoms with Crippen LogP contribution in [-0.4, -0.2) is 35.3 Å². The van der Waals surface area contributed by atoms with Gasteiger partial charge in [0.1, 0.15) is 12.1 Å². The van der Waals surface area contributed by atoms with Gasteiger partial charge in [-0.2, -0.15) is 0 Å². The quantitative estimate of drug-likeness (QED) is 0.926. The largest absolute Gasteiger partial charge is 0.477 e. The molecule has 1 aliphatic heterocycles. The third-order valence-electron chi connectivity index (χ3n) is 5.41. The monoisotopic (exact) mass is 289 g/mol. The molecule has 2 aliphatic carbocycles. The van der Waals surface area contributed by atoms with Gasteiger partial charge < -0.3 is 14.8 Å². The van der Waals surface area contributed by atoms with Crippen molar-refractivity contribution in [1.29, 1.82) is 0 Å². The molecule has 114 valence electrons. The molecule has 0 spiro atoms. The number of hydrogen-bond donors (Lipinski definition) is 1. The highest BCUT2D eigenvalue weighted by Gasteiger charge is 2.43. The first-order valence-electron chi connectivity index (χ1n) is 8.06. The van der Waals surface area contributed by atoms with E-state index in [4.69, 9.17) is 9.47 Å². The molecular weight excluding hydrogens is 266 g/mol. The molecule has 3 atom stereocenters. The zero-order chi connectivity index (χ0) is 14.3. The third-order valence-corrected chi connectivity index (χ3v) is 5.41. The summed E-state index contributed by atoms with van der Waals surface area (Å²) in [4.78, 5) is 8.65. The van der Waals surface area contributed by atoms with E-state index in [9.17, 15) is 0 Å². The molecule has 2 fully saturated rings. The van der Waals surface area contributed by atoms with Crippen LogP contribution in [0.1, 0.15) is 44.1 Å². The summed E-state index contributed by atoms with van der Waals surface area (Å²) in [5.41, 5.74) is 1.23. The zero-order valence-electron chi connectivity index (χ0n) is 12.6. The molecule has 21 heavy (non-hydrogen) atoms. The van der Waals surface area contributed by atoms with Gasteiger partial charge in [0.2, 0.25) is 5.88 Å². The second-order valence-electron chi connectivity index (χ2n) is 6.74. The van der Waals surface area contributed by atoms with Crippen molar-refractivity contribution in [3.05, 3.63) is 11.9 Å². The number of aromatic nitrogens is 2. The normalized spacial score (nSPS) is 34.1. The first-order valence-corrected chi connectivity index (χ1v) is 8.06. The lowest BCUT2D eigenvalue weighted by Crippen LogP contribution is -2.48. The van der Waals surface area contributed by atoms with Crippen LogP contribution in [-0.2, 0) is 11.2 Å². The van der Waals surface area contributed by atoms with Crippen molar-refractivity contribution >= 4 is 5.82 Å². The molecular formula is C16H23N3O2. The molecule has 5 nitrogen and oxygen atoms in total. The SMILES string of the molecule is CO[C@]12CCC[C@H](C[C@@H](Nc3ncnc4c3CCO4)C1)C2. The summed E-state index contributed by atoms with van der Waals surface area (Å²) in [7, 11) is 1.88. The molecule has 4 rings (SSSR count). The standard InChI is InChI=1S/C16H23N3O2/c1-20-16-5-2-3-11(8-16)7-12(9-16)19-14-13-4-6-21-15(13)18-10-17-14/h10-12H,2-9H2,1H3,(H,17,18,19)/t11-,12-,16+/m1/s1. The first-order chi connectivity index (χ1) is 10.3. The minimum Gasteiger partial charge on any atom is -0.477 e. The Morgan fingerprint density at radius 3 is 3.24 bits per heavy atom. The molecule has 0 aromatic carbocycles. The van der Waals surface area contributed by atoms with E-state index in [0.717, 1.165) is 42.6 Å².